The number of nitriles is 2. The van der Waals surface area contributed by atoms with Crippen molar-refractivity contribution >= 4 is 16.9 Å². The Morgan fingerprint density at radius 1 is 1.64 bits per heavy atom. The maximum Gasteiger partial charge on any atom is 0.208 e. The standard InChI is InChI=1S/C6H6N4S/c7-1-2-10-3-4-11-6(10)9-5-8/h2-4H2/b9-6+. The molecule has 1 heterocycles. The minimum Gasteiger partial charge on any atom is -0.336 e. The van der Waals surface area contributed by atoms with Gasteiger partial charge in [0.05, 0.1) is 6.07 Å². The quantitative estimate of drug-likeness (QED) is 0.417. The fourth-order valence-corrected chi connectivity index (χ4v) is 1.75. The predicted octanol–water partition coefficient (Wildman–Crippen LogP) is 0.396. The lowest BCUT2D eigenvalue weighted by molar-refractivity contribution is 0.518. The van der Waals surface area contributed by atoms with Crippen LogP contribution in [-0.2, 0) is 0 Å². The van der Waals surface area contributed by atoms with Crippen LogP contribution in [0.2, 0.25) is 0 Å². The van der Waals surface area contributed by atoms with Crippen LogP contribution in [0.4, 0.5) is 0 Å². The van der Waals surface area contributed by atoms with Crippen LogP contribution < -0.4 is 0 Å². The average Bonchev–Trinajstić information content (AvgIpc) is 2.39. The topological polar surface area (TPSA) is 63.2 Å². The molecule has 0 aromatic heterocycles. The van der Waals surface area contributed by atoms with E-state index in [1.165, 1.54) is 11.8 Å². The maximum atomic E-state index is 8.37. The van der Waals surface area contributed by atoms with Crippen molar-refractivity contribution < 1.29 is 0 Å². The second kappa shape index (κ2) is 3.85. The van der Waals surface area contributed by atoms with Gasteiger partial charge in [-0.2, -0.15) is 10.5 Å². The van der Waals surface area contributed by atoms with Gasteiger partial charge in [-0.3, -0.25) is 0 Å². The highest BCUT2D eigenvalue weighted by Crippen LogP contribution is 2.16. The van der Waals surface area contributed by atoms with E-state index in [0.29, 0.717) is 11.7 Å². The SMILES string of the molecule is N#CCN1CCS/C1=N/C#N. The molecule has 1 saturated heterocycles. The van der Waals surface area contributed by atoms with Gasteiger partial charge in [0.25, 0.3) is 0 Å². The molecule has 0 atom stereocenters. The first kappa shape index (κ1) is 7.90. The molecule has 0 saturated carbocycles. The fourth-order valence-electron chi connectivity index (χ4n) is 0.812. The van der Waals surface area contributed by atoms with Crippen molar-refractivity contribution in [3.63, 3.8) is 0 Å². The summed E-state index contributed by atoms with van der Waals surface area (Å²) < 4.78 is 0. The summed E-state index contributed by atoms with van der Waals surface area (Å²) in [7, 11) is 0. The Labute approximate surface area is 69.1 Å². The summed E-state index contributed by atoms with van der Waals surface area (Å²) in [4.78, 5) is 5.38. The maximum absolute atomic E-state index is 8.37. The van der Waals surface area contributed by atoms with Crippen molar-refractivity contribution in [1.82, 2.24) is 4.90 Å². The molecule has 0 unspecified atom stereocenters. The zero-order valence-electron chi connectivity index (χ0n) is 5.82. The molecular weight excluding hydrogens is 160 g/mol. The van der Waals surface area contributed by atoms with E-state index in [9.17, 15) is 0 Å². The Balaban J connectivity index is 2.61. The zero-order valence-corrected chi connectivity index (χ0v) is 6.63. The van der Waals surface area contributed by atoms with Gasteiger partial charge in [-0.25, -0.2) is 0 Å². The van der Waals surface area contributed by atoms with Crippen LogP contribution in [0, 0.1) is 22.8 Å². The second-order valence-electron chi connectivity index (χ2n) is 1.92. The van der Waals surface area contributed by atoms with Gasteiger partial charge in [-0.05, 0) is 0 Å². The lowest BCUT2D eigenvalue weighted by Crippen LogP contribution is -2.24. The molecule has 1 aliphatic rings. The van der Waals surface area contributed by atoms with Crippen LogP contribution >= 0.6 is 11.8 Å². The molecule has 0 amide bonds. The highest BCUT2D eigenvalue weighted by Gasteiger charge is 2.18. The molecular formula is C6H6N4S. The summed E-state index contributed by atoms with van der Waals surface area (Å²) in [5.41, 5.74) is 0. The van der Waals surface area contributed by atoms with Crippen LogP contribution in [0.15, 0.2) is 4.99 Å². The van der Waals surface area contributed by atoms with E-state index >= 15 is 0 Å². The Kier molecular flexibility index (Phi) is 2.76. The zero-order chi connectivity index (χ0) is 8.10. The lowest BCUT2D eigenvalue weighted by Gasteiger charge is -2.10. The lowest BCUT2D eigenvalue weighted by atomic mass is 10.6. The Hall–Kier alpha value is -1.20. The van der Waals surface area contributed by atoms with Crippen molar-refractivity contribution in [3.05, 3.63) is 0 Å². The van der Waals surface area contributed by atoms with Gasteiger partial charge in [0, 0.05) is 12.3 Å². The minimum absolute atomic E-state index is 0.327. The first-order valence-corrected chi connectivity index (χ1v) is 4.08. The summed E-state index contributed by atoms with van der Waals surface area (Å²) in [6, 6.07) is 2.02. The Morgan fingerprint density at radius 2 is 2.45 bits per heavy atom. The first-order valence-electron chi connectivity index (χ1n) is 3.10. The van der Waals surface area contributed by atoms with Crippen LogP contribution in [0.3, 0.4) is 0 Å². The molecule has 1 rings (SSSR count). The van der Waals surface area contributed by atoms with Crippen LogP contribution in [0.5, 0.6) is 0 Å². The number of aliphatic imine (C=N–C) groups is 1. The molecule has 11 heavy (non-hydrogen) atoms. The number of thioether (sulfide) groups is 1. The number of amidine groups is 1. The van der Waals surface area contributed by atoms with Crippen LogP contribution in [0.1, 0.15) is 0 Å². The molecule has 0 radical (unpaired) electrons. The molecule has 1 aliphatic heterocycles. The van der Waals surface area contributed by atoms with Gasteiger partial charge in [0.2, 0.25) is 6.19 Å². The minimum atomic E-state index is 0.327. The molecule has 4 nitrogen and oxygen atoms in total. The van der Waals surface area contributed by atoms with Crippen molar-refractivity contribution in [2.75, 3.05) is 18.8 Å². The smallest absolute Gasteiger partial charge is 0.208 e. The summed E-state index contributed by atoms with van der Waals surface area (Å²) in [6.07, 6.45) is 1.71. The second-order valence-corrected chi connectivity index (χ2v) is 2.98. The van der Waals surface area contributed by atoms with Crippen molar-refractivity contribution in [2.24, 2.45) is 4.99 Å². The molecule has 0 N–H and O–H groups in total. The number of hydrogen-bond donors (Lipinski definition) is 0. The predicted molar refractivity (Wildman–Crippen MR) is 42.7 cm³/mol. The van der Waals surface area contributed by atoms with Crippen molar-refractivity contribution in [3.8, 4) is 12.3 Å². The average molecular weight is 166 g/mol. The molecule has 0 aliphatic carbocycles. The molecule has 1 fully saturated rings. The van der Waals surface area contributed by atoms with Gasteiger partial charge in [0.1, 0.15) is 6.54 Å². The Morgan fingerprint density at radius 3 is 3.09 bits per heavy atom. The van der Waals surface area contributed by atoms with Gasteiger partial charge in [-0.15, -0.1) is 4.99 Å². The first-order chi connectivity index (χ1) is 5.38. The summed E-state index contributed by atoms with van der Waals surface area (Å²) in [6.45, 7) is 1.15. The largest absolute Gasteiger partial charge is 0.336 e. The van der Waals surface area contributed by atoms with Crippen LogP contribution in [-0.4, -0.2) is 28.9 Å². The van der Waals surface area contributed by atoms with Gasteiger partial charge >= 0.3 is 0 Å². The third kappa shape index (κ3) is 1.86. The van der Waals surface area contributed by atoms with Crippen molar-refractivity contribution in [2.45, 2.75) is 0 Å². The van der Waals surface area contributed by atoms with E-state index in [2.05, 4.69) is 4.99 Å². The summed E-state index contributed by atoms with van der Waals surface area (Å²) in [5, 5.41) is 17.3. The van der Waals surface area contributed by atoms with E-state index in [4.69, 9.17) is 10.5 Å². The highest BCUT2D eigenvalue weighted by molar-refractivity contribution is 8.14. The van der Waals surface area contributed by atoms with Crippen molar-refractivity contribution in [1.29, 1.82) is 10.5 Å². The van der Waals surface area contributed by atoms with E-state index in [0.717, 1.165) is 12.3 Å². The van der Waals surface area contributed by atoms with E-state index in [1.54, 1.807) is 11.1 Å². The number of hydrogen-bond acceptors (Lipinski definition) is 4. The van der Waals surface area contributed by atoms with E-state index in [-0.39, 0.29) is 0 Å². The summed E-state index contributed by atoms with van der Waals surface area (Å²) >= 11 is 1.52. The number of nitrogens with zero attached hydrogens (tertiary/aromatic N) is 4. The summed E-state index contributed by atoms with van der Waals surface area (Å²) in [5.74, 6) is 0.919. The third-order valence-electron chi connectivity index (χ3n) is 1.27. The van der Waals surface area contributed by atoms with Gasteiger partial charge in [-0.1, -0.05) is 11.8 Å². The molecule has 0 aromatic rings. The van der Waals surface area contributed by atoms with E-state index in [1.807, 2.05) is 6.07 Å². The fraction of sp³-hybridized carbons (Fsp3) is 0.500. The van der Waals surface area contributed by atoms with E-state index < -0.39 is 0 Å². The normalized spacial score (nSPS) is 19.8. The molecule has 0 aromatic carbocycles. The Bertz CT molecular complexity index is 246. The molecule has 0 spiro atoms. The monoisotopic (exact) mass is 166 g/mol. The number of rotatable bonds is 1. The van der Waals surface area contributed by atoms with Gasteiger partial charge in [0.15, 0.2) is 5.17 Å². The molecule has 56 valence electrons. The molecule has 0 bridgehead atoms. The molecule has 5 heteroatoms. The highest BCUT2D eigenvalue weighted by atomic mass is 32.2. The van der Waals surface area contributed by atoms with Gasteiger partial charge < -0.3 is 4.90 Å². The van der Waals surface area contributed by atoms with Crippen LogP contribution in [0.25, 0.3) is 0 Å². The third-order valence-corrected chi connectivity index (χ3v) is 2.26.